The second-order valence-corrected chi connectivity index (χ2v) is 30.5. The van der Waals surface area contributed by atoms with Crippen LogP contribution in [-0.4, -0.2) is 55.8 Å². The average molecular weight is 1500 g/mol. The van der Waals surface area contributed by atoms with Gasteiger partial charge >= 0.3 is 0 Å². The molecule has 0 unspecified atom stereocenters. The van der Waals surface area contributed by atoms with Crippen LogP contribution in [0.3, 0.4) is 0 Å². The van der Waals surface area contributed by atoms with Crippen molar-refractivity contribution >= 4 is 67.2 Å². The summed E-state index contributed by atoms with van der Waals surface area (Å²) in [6.45, 7) is 12.3. The van der Waals surface area contributed by atoms with E-state index >= 15 is 0 Å². The second kappa shape index (κ2) is 28.9. The van der Waals surface area contributed by atoms with E-state index in [-0.39, 0.29) is 0 Å². The molecule has 0 atom stereocenters. The smallest absolute Gasteiger partial charge is 0.231 e. The number of pyridine rings is 4. The summed E-state index contributed by atoms with van der Waals surface area (Å²) in [6, 6.07) is 78.5. The standard InChI is InChI=1S/C26H27N4.3C24H23N4/c1-16-11-23(20-14-18(3)17(2)13-19(20)4)28(5)24(12-16)25-15-30-22-10-8-7-9-21(22)27-26(30)29(25)6;1-16-13-21(18-10-6-5-9-17(18)2)26(3)22(14-16)23-15-28-20-12-8-7-11-19(20)25-24(28)27(23)4;1-16-12-13-18(17(2)14-16)20-10-7-11-22(26(20)3)23-15-28-21-9-6-5-8-19(21)25-24(28)27(23)4;1-16-12-13-17(2)18(14-16)20-10-7-11-22(26(20)3)23-15-28-21-9-6-5-8-19(21)25-24(28)27(23)4/h7-15H,1-6H3;3*5-15H,1-4H3/q4*+1/i3D3;;;1D3. The van der Waals surface area contributed by atoms with Crippen LogP contribution in [-0.2, 0) is 56.4 Å². The van der Waals surface area contributed by atoms with Crippen molar-refractivity contribution in [2.45, 2.75) is 69.1 Å². The lowest BCUT2D eigenvalue weighted by Gasteiger charge is -2.12. The van der Waals surface area contributed by atoms with Crippen molar-refractivity contribution in [3.63, 3.8) is 0 Å². The Morgan fingerprint density at radius 3 is 1.02 bits per heavy atom. The van der Waals surface area contributed by atoms with E-state index in [0.717, 1.165) is 152 Å². The maximum atomic E-state index is 7.97. The van der Waals surface area contributed by atoms with Crippen LogP contribution in [0.1, 0.15) is 63.9 Å². The zero-order valence-electron chi connectivity index (χ0n) is 73.4. The van der Waals surface area contributed by atoms with E-state index in [1.807, 2.05) is 128 Å². The highest BCUT2D eigenvalue weighted by molar-refractivity contribution is 5.85. The molecule has 0 fully saturated rings. The maximum Gasteiger partial charge on any atom is 0.231 e. The van der Waals surface area contributed by atoms with E-state index in [2.05, 4.69) is 281 Å². The average Bonchev–Trinajstić information content (AvgIpc) is 1.59. The molecule has 0 aliphatic heterocycles. The fourth-order valence-electron chi connectivity index (χ4n) is 16.6. The Labute approximate surface area is 673 Å². The highest BCUT2D eigenvalue weighted by Crippen LogP contribution is 2.35. The lowest BCUT2D eigenvalue weighted by Crippen LogP contribution is -2.35. The lowest BCUT2D eigenvalue weighted by molar-refractivity contribution is -0.649. The Morgan fingerprint density at radius 1 is 0.246 bits per heavy atom. The highest BCUT2D eigenvalue weighted by Gasteiger charge is 2.29. The molecule has 0 saturated carbocycles. The highest BCUT2D eigenvalue weighted by atomic mass is 15.2. The van der Waals surface area contributed by atoms with Crippen LogP contribution in [0.25, 0.3) is 158 Å². The summed E-state index contributed by atoms with van der Waals surface area (Å²) in [5.74, 6) is 3.66. The van der Waals surface area contributed by atoms with Gasteiger partial charge in [-0.1, -0.05) is 108 Å². The molecule has 0 amide bonds. The number of aromatic nitrogens is 16. The van der Waals surface area contributed by atoms with Gasteiger partial charge in [0.05, 0.1) is 44.1 Å². The van der Waals surface area contributed by atoms with Crippen LogP contribution in [0.5, 0.6) is 0 Å². The minimum atomic E-state index is -2.15. The Bertz CT molecular complexity index is 7490. The summed E-state index contributed by atoms with van der Waals surface area (Å²) >= 11 is 0. The number of para-hydroxylation sites is 8. The molecule has 20 rings (SSSR count). The number of nitrogens with zero attached hydrogens (tertiary/aromatic N) is 16. The molecule has 8 aromatic carbocycles. The number of hydrogen-bond acceptors (Lipinski definition) is 4. The zero-order valence-corrected chi connectivity index (χ0v) is 67.4. The molecule has 20 aromatic rings. The van der Waals surface area contributed by atoms with Gasteiger partial charge in [0.1, 0.15) is 51.0 Å². The Hall–Kier alpha value is -13.6. The maximum absolute atomic E-state index is 7.97. The van der Waals surface area contributed by atoms with E-state index in [1.165, 1.54) is 50.5 Å². The largest absolute Gasteiger partial charge is 0.308 e. The Kier molecular flexibility index (Phi) is 16.8. The van der Waals surface area contributed by atoms with Gasteiger partial charge in [-0.3, -0.25) is 17.6 Å². The van der Waals surface area contributed by atoms with E-state index in [0.29, 0.717) is 11.1 Å². The Balaban J connectivity index is 0.000000114. The lowest BCUT2D eigenvalue weighted by atomic mass is 9.97. The van der Waals surface area contributed by atoms with Crippen molar-refractivity contribution < 1.29 is 26.5 Å². The van der Waals surface area contributed by atoms with Gasteiger partial charge in [0, 0.05) is 132 Å². The molecule has 16 nitrogen and oxygen atoms in total. The first-order valence-electron chi connectivity index (χ1n) is 41.5. The van der Waals surface area contributed by atoms with Gasteiger partial charge < -0.3 is 18.3 Å². The molecule has 12 heterocycles. The fraction of sp³-hybridized carbons (Fsp3) is 0.184. The number of aryl methyl sites for hydroxylation is 14. The van der Waals surface area contributed by atoms with Gasteiger partial charge in [0.25, 0.3) is 0 Å². The number of rotatable bonds is 8. The molecule has 0 aliphatic rings. The number of imidazole rings is 8. The summed E-state index contributed by atoms with van der Waals surface area (Å²) < 4.78 is 73.2. The van der Waals surface area contributed by atoms with Crippen molar-refractivity contribution in [3.8, 4) is 90.6 Å². The first-order chi connectivity index (χ1) is 57.4. The topological polar surface area (TPSA) is 104 Å². The quantitative estimate of drug-likeness (QED) is 0.141. The predicted molar refractivity (Wildman–Crippen MR) is 462 cm³/mol. The molecule has 12 aromatic heterocycles. The summed E-state index contributed by atoms with van der Waals surface area (Å²) in [7, 11) is 16.5. The van der Waals surface area contributed by atoms with Crippen molar-refractivity contribution in [1.29, 1.82) is 0 Å². The van der Waals surface area contributed by atoms with E-state index in [4.69, 9.17) is 28.2 Å². The zero-order chi connectivity index (χ0) is 84.4. The third kappa shape index (κ3) is 12.7. The van der Waals surface area contributed by atoms with Crippen molar-refractivity contribution in [1.82, 2.24) is 55.8 Å². The number of hydrogen-bond donors (Lipinski definition) is 0. The van der Waals surface area contributed by atoms with Crippen molar-refractivity contribution in [2.75, 3.05) is 0 Å². The minimum Gasteiger partial charge on any atom is -0.308 e. The molecule has 0 radical (unpaired) electrons. The van der Waals surface area contributed by atoms with Gasteiger partial charge in [-0.2, -0.15) is 18.3 Å². The molecule has 114 heavy (non-hydrogen) atoms. The molecular formula is C98H96N16+4. The first-order valence-corrected chi connectivity index (χ1v) is 38.5. The van der Waals surface area contributed by atoms with Crippen LogP contribution in [0.4, 0.5) is 0 Å². The van der Waals surface area contributed by atoms with Crippen LogP contribution >= 0.6 is 0 Å². The van der Waals surface area contributed by atoms with Crippen molar-refractivity contribution in [2.24, 2.45) is 56.4 Å². The van der Waals surface area contributed by atoms with Crippen molar-refractivity contribution in [3.05, 3.63) is 311 Å². The van der Waals surface area contributed by atoms with Gasteiger partial charge in [-0.15, -0.1) is 0 Å². The molecule has 0 saturated heterocycles. The van der Waals surface area contributed by atoms with Gasteiger partial charge in [0.15, 0.2) is 0 Å². The van der Waals surface area contributed by atoms with Gasteiger partial charge in [0.2, 0.25) is 68.7 Å². The third-order valence-corrected chi connectivity index (χ3v) is 22.8. The van der Waals surface area contributed by atoms with Crippen LogP contribution in [0, 0.1) is 69.1 Å². The molecule has 0 bridgehead atoms. The third-order valence-electron chi connectivity index (χ3n) is 22.8. The van der Waals surface area contributed by atoms with Gasteiger partial charge in [-0.25, -0.2) is 19.9 Å². The second-order valence-electron chi connectivity index (χ2n) is 30.5. The van der Waals surface area contributed by atoms with E-state index < -0.39 is 13.7 Å². The van der Waals surface area contributed by atoms with E-state index in [9.17, 15) is 0 Å². The fourth-order valence-corrected chi connectivity index (χ4v) is 16.6. The summed E-state index contributed by atoms with van der Waals surface area (Å²) in [5, 5.41) is 0. The summed E-state index contributed by atoms with van der Waals surface area (Å²) in [5.41, 5.74) is 35.7. The predicted octanol–water partition coefficient (Wildman–Crippen LogP) is 19.0. The van der Waals surface area contributed by atoms with Gasteiger partial charge in [-0.05, 0) is 199 Å². The summed E-state index contributed by atoms with van der Waals surface area (Å²) in [4.78, 5) is 19.2. The summed E-state index contributed by atoms with van der Waals surface area (Å²) in [6.07, 6.45) is 8.61. The first kappa shape index (κ1) is 66.2. The van der Waals surface area contributed by atoms with E-state index in [1.54, 1.807) is 12.1 Å². The number of benzene rings is 8. The minimum absolute atomic E-state index is 0.349. The molecule has 564 valence electrons. The molecule has 0 aliphatic carbocycles. The molecule has 0 spiro atoms. The monoisotopic (exact) mass is 1500 g/mol. The van der Waals surface area contributed by atoms with Crippen LogP contribution < -0.4 is 18.3 Å². The molecule has 16 heteroatoms. The molecule has 0 N–H and O–H groups in total. The van der Waals surface area contributed by atoms with Crippen LogP contribution in [0.15, 0.2) is 255 Å². The molecular weight excluding hydrogens is 1400 g/mol. The normalized spacial score (nSPS) is 12.6. The SMILES string of the molecule is Cc1cc(-c2ccccc2C)[n+](C)c(-c2cn3c4ccccc4nc3n2C)c1.Cc1ccc(-c2cccc(-c3cn4c5ccccc5nc4n3C)[n+]2C)c(C)c1.[2H]C([2H])([2H])c1cc(-c2cc(C)cc(-c3cn4c5ccccc5nc4n3C)[n+]2C)c(C)cc1C.[2H]C([2H])([2H])c1ccc(C)c(-c2cccc(-c3cn4c5ccccc5nc4n3C)[n+]2C)c1. The number of fused-ring (bicyclic) bond motifs is 12. The van der Waals surface area contributed by atoms with Crippen LogP contribution in [0.2, 0.25) is 0 Å². The Morgan fingerprint density at radius 2 is 0.588 bits per heavy atom.